The van der Waals surface area contributed by atoms with Crippen LogP contribution in [0, 0.1) is 17.3 Å². The zero-order valence-electron chi connectivity index (χ0n) is 18.1. The molecule has 0 radical (unpaired) electrons. The van der Waals surface area contributed by atoms with E-state index in [4.69, 9.17) is 23.2 Å². The Balaban J connectivity index is 1.42. The molecule has 3 rings (SSSR count). The minimum atomic E-state index is -0.0882. The van der Waals surface area contributed by atoms with Crippen molar-refractivity contribution in [2.75, 3.05) is 25.0 Å². The van der Waals surface area contributed by atoms with Gasteiger partial charge in [-0.05, 0) is 74.7 Å². The predicted octanol–water partition coefficient (Wildman–Crippen LogP) is 4.97. The Morgan fingerprint density at radius 1 is 1.13 bits per heavy atom. The second-order valence-electron chi connectivity index (χ2n) is 9.85. The lowest BCUT2D eigenvalue weighted by molar-refractivity contribution is -0.127. The molecule has 2 N–H and O–H groups in total. The molecule has 2 atom stereocenters. The van der Waals surface area contributed by atoms with Crippen LogP contribution in [0.3, 0.4) is 0 Å². The minimum absolute atomic E-state index is 0.0414. The second-order valence-corrected chi connectivity index (χ2v) is 10.7. The number of hydrogen-bond acceptors (Lipinski definition) is 3. The number of benzene rings is 1. The van der Waals surface area contributed by atoms with Gasteiger partial charge in [-0.15, -0.1) is 0 Å². The van der Waals surface area contributed by atoms with Gasteiger partial charge >= 0.3 is 0 Å². The lowest BCUT2D eigenvalue weighted by Gasteiger charge is -2.40. The maximum absolute atomic E-state index is 12.8. The first-order chi connectivity index (χ1) is 14.1. The summed E-state index contributed by atoms with van der Waals surface area (Å²) >= 11 is 11.9. The highest BCUT2D eigenvalue weighted by atomic mass is 35.5. The third-order valence-corrected chi connectivity index (χ3v) is 7.00. The van der Waals surface area contributed by atoms with Crippen molar-refractivity contribution in [3.63, 3.8) is 0 Å². The molecule has 5 nitrogen and oxygen atoms in total. The molecule has 1 aromatic carbocycles. The van der Waals surface area contributed by atoms with Crippen LogP contribution in [0.1, 0.15) is 52.9 Å². The molecule has 1 saturated heterocycles. The number of piperidine rings is 1. The van der Waals surface area contributed by atoms with Gasteiger partial charge in [0, 0.05) is 17.6 Å². The van der Waals surface area contributed by atoms with Crippen LogP contribution >= 0.6 is 23.2 Å². The van der Waals surface area contributed by atoms with Crippen LogP contribution < -0.4 is 10.6 Å². The van der Waals surface area contributed by atoms with E-state index in [1.54, 1.807) is 18.2 Å². The van der Waals surface area contributed by atoms with Gasteiger partial charge in [-0.1, -0.05) is 44.0 Å². The zero-order chi connectivity index (χ0) is 21.9. The fraction of sp³-hybridized carbons (Fsp3) is 0.652. The van der Waals surface area contributed by atoms with Crippen molar-refractivity contribution >= 4 is 40.7 Å². The number of hydrogen-bond donors (Lipinski definition) is 2. The molecule has 30 heavy (non-hydrogen) atoms. The largest absolute Gasteiger partial charge is 0.353 e. The van der Waals surface area contributed by atoms with Gasteiger partial charge in [-0.25, -0.2) is 0 Å². The number of amides is 2. The highest BCUT2D eigenvalue weighted by molar-refractivity contribution is 6.42. The minimum Gasteiger partial charge on any atom is -0.353 e. The van der Waals surface area contributed by atoms with E-state index < -0.39 is 0 Å². The Bertz CT molecular complexity index is 776. The van der Waals surface area contributed by atoms with E-state index in [0.717, 1.165) is 38.8 Å². The summed E-state index contributed by atoms with van der Waals surface area (Å²) in [5.41, 5.74) is 0.925. The summed E-state index contributed by atoms with van der Waals surface area (Å²) in [6.07, 6.45) is 4.93. The van der Waals surface area contributed by atoms with Crippen LogP contribution in [0.5, 0.6) is 0 Å². The molecular formula is C23H33Cl2N3O2. The van der Waals surface area contributed by atoms with Crippen molar-refractivity contribution in [3.05, 3.63) is 28.2 Å². The van der Waals surface area contributed by atoms with Crippen molar-refractivity contribution in [1.29, 1.82) is 0 Å². The molecule has 7 heteroatoms. The van der Waals surface area contributed by atoms with Crippen LogP contribution in [-0.4, -0.2) is 42.4 Å². The molecule has 1 saturated carbocycles. The van der Waals surface area contributed by atoms with Crippen LogP contribution in [0.15, 0.2) is 18.2 Å². The number of rotatable bonds is 5. The quantitative estimate of drug-likeness (QED) is 0.660. The van der Waals surface area contributed by atoms with E-state index in [1.165, 1.54) is 6.42 Å². The monoisotopic (exact) mass is 453 g/mol. The summed E-state index contributed by atoms with van der Waals surface area (Å²) in [5.74, 6) is 0.786. The van der Waals surface area contributed by atoms with Gasteiger partial charge < -0.3 is 10.6 Å². The molecular weight excluding hydrogens is 421 g/mol. The van der Waals surface area contributed by atoms with Crippen LogP contribution in [-0.2, 0) is 9.59 Å². The normalized spacial score (nSPS) is 25.0. The summed E-state index contributed by atoms with van der Waals surface area (Å²) in [7, 11) is 0. The molecule has 0 aromatic heterocycles. The zero-order valence-corrected chi connectivity index (χ0v) is 19.7. The predicted molar refractivity (Wildman–Crippen MR) is 123 cm³/mol. The van der Waals surface area contributed by atoms with Crippen LogP contribution in [0.25, 0.3) is 0 Å². The van der Waals surface area contributed by atoms with Crippen molar-refractivity contribution < 1.29 is 9.59 Å². The van der Waals surface area contributed by atoms with Gasteiger partial charge in [-0.2, -0.15) is 0 Å². The maximum Gasteiger partial charge on any atom is 0.238 e. The van der Waals surface area contributed by atoms with Crippen molar-refractivity contribution in [2.45, 2.75) is 58.9 Å². The van der Waals surface area contributed by atoms with Gasteiger partial charge in [-0.3, -0.25) is 14.5 Å². The number of carbonyl (C=O) groups excluding carboxylic acids is 2. The van der Waals surface area contributed by atoms with Crippen molar-refractivity contribution in [1.82, 2.24) is 10.2 Å². The van der Waals surface area contributed by atoms with Gasteiger partial charge in [0.25, 0.3) is 0 Å². The number of likely N-dealkylation sites (tertiary alicyclic amines) is 1. The first-order valence-corrected chi connectivity index (χ1v) is 11.6. The van der Waals surface area contributed by atoms with Gasteiger partial charge in [0.2, 0.25) is 11.8 Å². The van der Waals surface area contributed by atoms with Crippen LogP contribution in [0.2, 0.25) is 10.0 Å². The number of halogens is 2. The fourth-order valence-corrected chi connectivity index (χ4v) is 5.40. The summed E-state index contributed by atoms with van der Waals surface area (Å²) in [5, 5.41) is 7.04. The van der Waals surface area contributed by atoms with E-state index in [0.29, 0.717) is 33.6 Å². The summed E-state index contributed by atoms with van der Waals surface area (Å²) in [6.45, 7) is 8.68. The molecule has 2 amide bonds. The Labute approximate surface area is 189 Å². The fourth-order valence-electron chi connectivity index (χ4n) is 5.11. The molecule has 1 aromatic rings. The first kappa shape index (κ1) is 23.4. The lowest BCUT2D eigenvalue weighted by atomic mass is 9.70. The van der Waals surface area contributed by atoms with E-state index in [2.05, 4.69) is 36.3 Å². The Morgan fingerprint density at radius 3 is 2.47 bits per heavy atom. The standard InChI is InChI=1S/C23H33Cl2N3O2/c1-15-10-18(13-23(2,3)12-15)27-22(30)16-6-8-28(9-7-16)14-21(29)26-17-4-5-19(24)20(25)11-17/h4-5,11,15-16,18H,6-10,12-14H2,1-3H3,(H,26,29)(H,27,30). The summed E-state index contributed by atoms with van der Waals surface area (Å²) < 4.78 is 0. The smallest absolute Gasteiger partial charge is 0.238 e. The lowest BCUT2D eigenvalue weighted by Crippen LogP contribution is -2.48. The molecule has 0 spiro atoms. The number of nitrogens with one attached hydrogen (secondary N) is 2. The number of carbonyl (C=O) groups is 2. The number of anilines is 1. The molecule has 1 heterocycles. The molecule has 2 aliphatic rings. The first-order valence-electron chi connectivity index (χ1n) is 10.9. The average Bonchev–Trinajstić information content (AvgIpc) is 2.63. The maximum atomic E-state index is 12.8. The second kappa shape index (κ2) is 9.88. The molecule has 0 bridgehead atoms. The molecule has 2 fully saturated rings. The van der Waals surface area contributed by atoms with Crippen LogP contribution in [0.4, 0.5) is 5.69 Å². The van der Waals surface area contributed by atoms with Crippen molar-refractivity contribution in [2.24, 2.45) is 17.3 Å². The summed E-state index contributed by atoms with van der Waals surface area (Å²) in [6, 6.07) is 5.32. The third-order valence-electron chi connectivity index (χ3n) is 6.26. The Morgan fingerprint density at radius 2 is 1.83 bits per heavy atom. The highest BCUT2D eigenvalue weighted by Gasteiger charge is 2.34. The average molecular weight is 454 g/mol. The van der Waals surface area contributed by atoms with E-state index in [9.17, 15) is 9.59 Å². The van der Waals surface area contributed by atoms with E-state index >= 15 is 0 Å². The number of nitrogens with zero attached hydrogens (tertiary/aromatic N) is 1. The topological polar surface area (TPSA) is 61.4 Å². The van der Waals surface area contributed by atoms with Gasteiger partial charge in [0.15, 0.2) is 0 Å². The summed E-state index contributed by atoms with van der Waals surface area (Å²) in [4.78, 5) is 27.2. The third kappa shape index (κ3) is 6.60. The Hall–Kier alpha value is -1.30. The molecule has 1 aliphatic carbocycles. The van der Waals surface area contributed by atoms with Gasteiger partial charge in [0.05, 0.1) is 16.6 Å². The Kier molecular flexibility index (Phi) is 7.70. The highest BCUT2D eigenvalue weighted by Crippen LogP contribution is 2.38. The van der Waals surface area contributed by atoms with Crippen molar-refractivity contribution in [3.8, 4) is 0 Å². The SMILES string of the molecule is CC1CC(NC(=O)C2CCN(CC(=O)Nc3ccc(Cl)c(Cl)c3)CC2)CC(C)(C)C1. The molecule has 2 unspecified atom stereocenters. The van der Waals surface area contributed by atoms with Gasteiger partial charge in [0.1, 0.15) is 0 Å². The van der Waals surface area contributed by atoms with E-state index in [1.807, 2.05) is 0 Å². The van der Waals surface area contributed by atoms with E-state index in [-0.39, 0.29) is 23.8 Å². The molecule has 1 aliphatic heterocycles. The molecule has 166 valence electrons.